The second kappa shape index (κ2) is 6.76. The molecule has 0 radical (unpaired) electrons. The number of nitrogens with zero attached hydrogens (tertiary/aromatic N) is 1. The van der Waals surface area contributed by atoms with Gasteiger partial charge in [-0.05, 0) is 32.0 Å². The summed E-state index contributed by atoms with van der Waals surface area (Å²) in [7, 11) is 0. The lowest BCUT2D eigenvalue weighted by molar-refractivity contribution is -0.122. The minimum absolute atomic E-state index is 0.0477. The molecule has 0 spiro atoms. The van der Waals surface area contributed by atoms with Crippen LogP contribution in [0, 0.1) is 6.92 Å². The normalized spacial score (nSPS) is 12.4. The van der Waals surface area contributed by atoms with Crippen molar-refractivity contribution >= 4 is 27.8 Å². The second-order valence-corrected chi connectivity index (χ2v) is 6.70. The van der Waals surface area contributed by atoms with E-state index < -0.39 is 0 Å². The minimum atomic E-state index is -0.254. The van der Waals surface area contributed by atoms with Crippen LogP contribution in [-0.4, -0.2) is 10.5 Å². The molecule has 2 aromatic heterocycles. The number of aryl methyl sites for hydroxylation is 1. The Hall–Kier alpha value is -3.34. The number of fused-ring (bicyclic) bond motifs is 2. The highest BCUT2D eigenvalue weighted by atomic mass is 16.3. The molecule has 27 heavy (non-hydrogen) atoms. The van der Waals surface area contributed by atoms with Gasteiger partial charge >= 0.3 is 0 Å². The highest BCUT2D eigenvalue weighted by Crippen LogP contribution is 2.29. The molecule has 0 unspecified atom stereocenters. The summed E-state index contributed by atoms with van der Waals surface area (Å²) in [6, 6.07) is 16.4. The molecule has 0 saturated heterocycles. The molecular weight excluding hydrogens is 340 g/mol. The van der Waals surface area contributed by atoms with Gasteiger partial charge in [-0.2, -0.15) is 0 Å². The number of rotatable bonds is 4. The van der Waals surface area contributed by atoms with E-state index in [1.165, 1.54) is 6.07 Å². The van der Waals surface area contributed by atoms with Crippen LogP contribution in [0.4, 0.5) is 0 Å². The van der Waals surface area contributed by atoms with Gasteiger partial charge in [-0.15, -0.1) is 0 Å². The van der Waals surface area contributed by atoms with Gasteiger partial charge in [0.2, 0.25) is 5.91 Å². The number of aromatic nitrogens is 1. The zero-order valence-electron chi connectivity index (χ0n) is 15.2. The van der Waals surface area contributed by atoms with E-state index in [2.05, 4.69) is 5.32 Å². The highest BCUT2D eigenvalue weighted by molar-refractivity contribution is 5.84. The average molecular weight is 360 g/mol. The van der Waals surface area contributed by atoms with Crippen LogP contribution in [0.5, 0.6) is 0 Å². The first kappa shape index (κ1) is 17.1. The van der Waals surface area contributed by atoms with Gasteiger partial charge in [-0.1, -0.05) is 30.3 Å². The Morgan fingerprint density at radius 3 is 2.56 bits per heavy atom. The predicted octanol–water partition coefficient (Wildman–Crippen LogP) is 3.93. The molecule has 1 amide bonds. The van der Waals surface area contributed by atoms with Gasteiger partial charge in [-0.25, -0.2) is 0 Å². The summed E-state index contributed by atoms with van der Waals surface area (Å²) in [6.45, 7) is 4.04. The monoisotopic (exact) mass is 360 g/mol. The molecule has 0 saturated carbocycles. The maximum atomic E-state index is 12.6. The van der Waals surface area contributed by atoms with Gasteiger partial charge in [-0.3, -0.25) is 9.59 Å². The van der Waals surface area contributed by atoms with Crippen LogP contribution in [0.25, 0.3) is 21.9 Å². The standard InChI is InChI=1S/C22H20N2O3/c1-14-16-7-4-6-10-20(16)27-22(14)15(2)23-21(26)13-24-12-11-19(25)17-8-3-5-9-18(17)24/h3-12,15H,13H2,1-2H3,(H,23,26)/t15-/m0/s1. The molecule has 1 N–H and O–H groups in total. The molecule has 1 atom stereocenters. The molecular formula is C22H20N2O3. The van der Waals surface area contributed by atoms with E-state index in [1.54, 1.807) is 16.8 Å². The van der Waals surface area contributed by atoms with Crippen LogP contribution >= 0.6 is 0 Å². The summed E-state index contributed by atoms with van der Waals surface area (Å²) in [5, 5.41) is 4.66. The Morgan fingerprint density at radius 1 is 1.07 bits per heavy atom. The third kappa shape index (κ3) is 3.12. The molecule has 0 aliphatic heterocycles. The lowest BCUT2D eigenvalue weighted by atomic mass is 10.1. The zero-order valence-corrected chi connectivity index (χ0v) is 15.2. The Balaban J connectivity index is 1.57. The van der Waals surface area contributed by atoms with E-state index in [-0.39, 0.29) is 23.9 Å². The van der Waals surface area contributed by atoms with Crippen molar-refractivity contribution in [1.82, 2.24) is 9.88 Å². The van der Waals surface area contributed by atoms with E-state index >= 15 is 0 Å². The molecule has 0 aliphatic carbocycles. The topological polar surface area (TPSA) is 64.2 Å². The first-order valence-electron chi connectivity index (χ1n) is 8.90. The largest absolute Gasteiger partial charge is 0.459 e. The van der Waals surface area contributed by atoms with Crippen molar-refractivity contribution in [2.24, 2.45) is 0 Å². The SMILES string of the molecule is Cc1c([C@H](C)NC(=O)Cn2ccc(=O)c3ccccc32)oc2ccccc12. The fourth-order valence-electron chi connectivity index (χ4n) is 3.51. The smallest absolute Gasteiger partial charge is 0.240 e. The molecule has 2 heterocycles. The summed E-state index contributed by atoms with van der Waals surface area (Å²) in [5.74, 6) is 0.616. The third-order valence-corrected chi connectivity index (χ3v) is 4.85. The van der Waals surface area contributed by atoms with Gasteiger partial charge < -0.3 is 14.3 Å². The van der Waals surface area contributed by atoms with Gasteiger partial charge in [0.25, 0.3) is 0 Å². The van der Waals surface area contributed by atoms with Crippen LogP contribution in [-0.2, 0) is 11.3 Å². The lowest BCUT2D eigenvalue weighted by Crippen LogP contribution is -2.30. The number of furan rings is 1. The van der Waals surface area contributed by atoms with Crippen molar-refractivity contribution in [3.05, 3.63) is 82.3 Å². The van der Waals surface area contributed by atoms with Gasteiger partial charge in [0, 0.05) is 28.6 Å². The summed E-state index contributed by atoms with van der Waals surface area (Å²) in [5.41, 5.74) is 2.55. The van der Waals surface area contributed by atoms with E-state index in [0.717, 1.165) is 27.8 Å². The van der Waals surface area contributed by atoms with Gasteiger partial charge in [0.15, 0.2) is 5.43 Å². The minimum Gasteiger partial charge on any atom is -0.459 e. The van der Waals surface area contributed by atoms with Crippen molar-refractivity contribution in [3.8, 4) is 0 Å². The number of pyridine rings is 1. The van der Waals surface area contributed by atoms with Crippen LogP contribution in [0.3, 0.4) is 0 Å². The predicted molar refractivity (Wildman–Crippen MR) is 106 cm³/mol. The van der Waals surface area contributed by atoms with E-state index in [1.807, 2.05) is 56.3 Å². The van der Waals surface area contributed by atoms with Crippen LogP contribution in [0.1, 0.15) is 24.3 Å². The number of nitrogens with one attached hydrogen (secondary N) is 1. The Bertz CT molecular complexity index is 1200. The number of carbonyl (C=O) groups excluding carboxylic acids is 1. The first-order chi connectivity index (χ1) is 13.0. The maximum Gasteiger partial charge on any atom is 0.240 e. The Labute approximate surface area is 156 Å². The lowest BCUT2D eigenvalue weighted by Gasteiger charge is -2.15. The number of para-hydroxylation sites is 2. The second-order valence-electron chi connectivity index (χ2n) is 6.70. The summed E-state index contributed by atoms with van der Waals surface area (Å²) in [6.07, 6.45) is 1.65. The van der Waals surface area contributed by atoms with E-state index in [0.29, 0.717) is 5.39 Å². The Morgan fingerprint density at radius 2 is 1.78 bits per heavy atom. The molecule has 4 rings (SSSR count). The van der Waals surface area contributed by atoms with Crippen molar-refractivity contribution in [3.63, 3.8) is 0 Å². The number of hydrogen-bond acceptors (Lipinski definition) is 3. The summed E-state index contributed by atoms with van der Waals surface area (Å²) in [4.78, 5) is 24.6. The van der Waals surface area contributed by atoms with E-state index in [4.69, 9.17) is 4.42 Å². The number of carbonyl (C=O) groups is 1. The first-order valence-corrected chi connectivity index (χ1v) is 8.90. The average Bonchev–Trinajstić information content (AvgIpc) is 3.01. The molecule has 5 nitrogen and oxygen atoms in total. The van der Waals surface area contributed by atoms with Crippen LogP contribution in [0.15, 0.2) is 70.0 Å². The summed E-state index contributed by atoms with van der Waals surface area (Å²) < 4.78 is 7.72. The third-order valence-electron chi connectivity index (χ3n) is 4.85. The molecule has 136 valence electrons. The van der Waals surface area contributed by atoms with Crippen molar-refractivity contribution < 1.29 is 9.21 Å². The molecule has 4 aromatic rings. The number of amides is 1. The molecule has 0 aliphatic rings. The van der Waals surface area contributed by atoms with Crippen molar-refractivity contribution in [2.75, 3.05) is 0 Å². The number of hydrogen-bond donors (Lipinski definition) is 1. The maximum absolute atomic E-state index is 12.6. The number of benzene rings is 2. The fraction of sp³-hybridized carbons (Fsp3) is 0.182. The van der Waals surface area contributed by atoms with Crippen molar-refractivity contribution in [2.45, 2.75) is 26.4 Å². The molecule has 0 bridgehead atoms. The fourth-order valence-corrected chi connectivity index (χ4v) is 3.51. The van der Waals surface area contributed by atoms with Crippen LogP contribution in [0.2, 0.25) is 0 Å². The molecule has 2 aromatic carbocycles. The molecule has 0 fully saturated rings. The summed E-state index contributed by atoms with van der Waals surface area (Å²) >= 11 is 0. The van der Waals surface area contributed by atoms with Crippen LogP contribution < -0.4 is 10.7 Å². The van der Waals surface area contributed by atoms with Crippen molar-refractivity contribution in [1.29, 1.82) is 0 Å². The quantitative estimate of drug-likeness (QED) is 0.600. The zero-order chi connectivity index (χ0) is 19.0. The van der Waals surface area contributed by atoms with Gasteiger partial charge in [0.1, 0.15) is 17.9 Å². The molecule has 5 heteroatoms. The van der Waals surface area contributed by atoms with Gasteiger partial charge in [0.05, 0.1) is 11.6 Å². The Kier molecular flexibility index (Phi) is 4.28. The van der Waals surface area contributed by atoms with E-state index in [9.17, 15) is 9.59 Å². The highest BCUT2D eigenvalue weighted by Gasteiger charge is 2.18.